The number of carbonyl (C=O) groups is 2. The lowest BCUT2D eigenvalue weighted by molar-refractivity contribution is 0.0857. The second-order valence-electron chi connectivity index (χ2n) is 7.71. The first-order valence-corrected chi connectivity index (χ1v) is 10.1. The maximum atomic E-state index is 13.0. The number of benzene rings is 2. The predicted molar refractivity (Wildman–Crippen MR) is 116 cm³/mol. The van der Waals surface area contributed by atoms with Gasteiger partial charge in [-0.05, 0) is 55.3 Å². The number of ether oxygens (including phenoxy) is 1. The van der Waals surface area contributed by atoms with Crippen molar-refractivity contribution < 1.29 is 14.3 Å². The number of fused-ring (bicyclic) bond motifs is 1. The van der Waals surface area contributed by atoms with Gasteiger partial charge in [0.15, 0.2) is 5.78 Å². The van der Waals surface area contributed by atoms with E-state index in [1.54, 1.807) is 29.9 Å². The van der Waals surface area contributed by atoms with Crippen LogP contribution in [0.1, 0.15) is 23.2 Å². The zero-order chi connectivity index (χ0) is 21.3. The first-order chi connectivity index (χ1) is 14.5. The Morgan fingerprint density at radius 1 is 1.10 bits per heavy atom. The lowest BCUT2D eigenvalue weighted by atomic mass is 9.88. The molecule has 0 radical (unpaired) electrons. The molecule has 0 spiro atoms. The molecule has 7 heteroatoms. The van der Waals surface area contributed by atoms with Crippen molar-refractivity contribution in [2.75, 3.05) is 32.1 Å². The zero-order valence-corrected chi connectivity index (χ0v) is 17.5. The molecule has 0 N–H and O–H groups in total. The number of Topliss-reactive ketones (excluding diaryl/α,β-unsaturated/α-hetero) is 1. The number of methoxy groups -OCH3 is 1. The topological polar surface area (TPSA) is 67.7 Å². The van der Waals surface area contributed by atoms with Crippen LogP contribution in [0.25, 0.3) is 10.9 Å². The normalized spacial score (nSPS) is 14.7. The number of nitrogens with zero attached hydrogens (tertiary/aromatic N) is 4. The number of piperidine rings is 1. The van der Waals surface area contributed by atoms with E-state index in [1.165, 1.54) is 0 Å². The summed E-state index contributed by atoms with van der Waals surface area (Å²) in [6.07, 6.45) is 3.13. The molecule has 156 valence electrons. The Labute approximate surface area is 175 Å². The Morgan fingerprint density at radius 3 is 2.47 bits per heavy atom. The molecular weight excluding hydrogens is 380 g/mol. The van der Waals surface area contributed by atoms with Crippen molar-refractivity contribution in [2.24, 2.45) is 13.0 Å². The molecule has 1 aromatic heterocycles. The maximum absolute atomic E-state index is 13.0. The Morgan fingerprint density at radius 2 is 1.80 bits per heavy atom. The number of rotatable bonds is 4. The van der Waals surface area contributed by atoms with Crippen LogP contribution in [0.4, 0.5) is 10.5 Å². The van der Waals surface area contributed by atoms with Crippen LogP contribution < -0.4 is 9.64 Å². The van der Waals surface area contributed by atoms with Gasteiger partial charge in [0.2, 0.25) is 0 Å². The third-order valence-corrected chi connectivity index (χ3v) is 5.91. The lowest BCUT2D eigenvalue weighted by Crippen LogP contribution is -2.46. The average Bonchev–Trinajstić information content (AvgIpc) is 3.17. The summed E-state index contributed by atoms with van der Waals surface area (Å²) in [7, 11) is 5.27. The van der Waals surface area contributed by atoms with Gasteiger partial charge in [-0.15, -0.1) is 0 Å². The first kappa shape index (κ1) is 19.9. The zero-order valence-electron chi connectivity index (χ0n) is 17.5. The molecule has 0 atom stereocenters. The molecule has 4 rings (SSSR count). The van der Waals surface area contributed by atoms with E-state index < -0.39 is 0 Å². The molecule has 2 amide bonds. The van der Waals surface area contributed by atoms with E-state index in [-0.39, 0.29) is 17.7 Å². The van der Waals surface area contributed by atoms with Crippen molar-refractivity contribution in [1.29, 1.82) is 0 Å². The van der Waals surface area contributed by atoms with Gasteiger partial charge in [0.05, 0.1) is 18.8 Å². The lowest BCUT2D eigenvalue weighted by Gasteiger charge is -2.34. The van der Waals surface area contributed by atoms with E-state index in [1.807, 2.05) is 54.4 Å². The molecule has 0 aliphatic carbocycles. The van der Waals surface area contributed by atoms with Crippen molar-refractivity contribution in [3.8, 4) is 5.75 Å². The molecule has 2 aromatic carbocycles. The molecule has 7 nitrogen and oxygen atoms in total. The Balaban J connectivity index is 1.38. The van der Waals surface area contributed by atoms with Crippen LogP contribution in [-0.4, -0.2) is 53.7 Å². The predicted octanol–water partition coefficient (Wildman–Crippen LogP) is 3.73. The summed E-state index contributed by atoms with van der Waals surface area (Å²) >= 11 is 0. The minimum atomic E-state index is -0.0607. The van der Waals surface area contributed by atoms with Gasteiger partial charge in [-0.2, -0.15) is 5.10 Å². The second-order valence-corrected chi connectivity index (χ2v) is 7.71. The summed E-state index contributed by atoms with van der Waals surface area (Å²) in [6.45, 7) is 1.15. The van der Waals surface area contributed by atoms with Crippen molar-refractivity contribution in [1.82, 2.24) is 14.7 Å². The highest BCUT2D eigenvalue weighted by Crippen LogP contribution is 2.26. The fraction of sp³-hybridized carbons (Fsp3) is 0.348. The summed E-state index contributed by atoms with van der Waals surface area (Å²) in [6, 6.07) is 13.1. The summed E-state index contributed by atoms with van der Waals surface area (Å²) < 4.78 is 6.97. The van der Waals surface area contributed by atoms with Gasteiger partial charge in [0.25, 0.3) is 0 Å². The molecule has 1 fully saturated rings. The van der Waals surface area contributed by atoms with Crippen molar-refractivity contribution in [3.63, 3.8) is 0 Å². The maximum Gasteiger partial charge on any atom is 0.324 e. The molecule has 1 saturated heterocycles. The van der Waals surface area contributed by atoms with Crippen molar-refractivity contribution >= 4 is 28.4 Å². The quantitative estimate of drug-likeness (QED) is 0.619. The SMILES string of the molecule is COc1ccc(N(C)C(=O)N2CCC(C(=O)c3ccc4c(cnn4C)c3)CC2)cc1. The van der Waals surface area contributed by atoms with Gasteiger partial charge >= 0.3 is 6.03 Å². The minimum Gasteiger partial charge on any atom is -0.497 e. The number of urea groups is 1. The van der Waals surface area contributed by atoms with E-state index in [0.717, 1.165) is 27.9 Å². The van der Waals surface area contributed by atoms with Gasteiger partial charge in [-0.25, -0.2) is 4.79 Å². The minimum absolute atomic E-state index is 0.0529. The van der Waals surface area contributed by atoms with Gasteiger partial charge in [0.1, 0.15) is 5.75 Å². The standard InChI is InChI=1S/C23H26N4O3/c1-25(19-5-7-20(30-3)8-6-19)23(29)27-12-10-16(11-13-27)22(28)17-4-9-21-18(14-17)15-24-26(21)2/h4-9,14-16H,10-13H2,1-3H3. The van der Waals surface area contributed by atoms with Crippen molar-refractivity contribution in [3.05, 3.63) is 54.2 Å². The molecule has 30 heavy (non-hydrogen) atoms. The van der Waals surface area contributed by atoms with Crippen LogP contribution in [0, 0.1) is 5.92 Å². The molecule has 1 aliphatic rings. The summed E-state index contributed by atoms with van der Waals surface area (Å²) in [5.74, 6) is 0.842. The van der Waals surface area contributed by atoms with E-state index in [2.05, 4.69) is 5.10 Å². The fourth-order valence-electron chi connectivity index (χ4n) is 4.01. The van der Waals surface area contributed by atoms with Gasteiger partial charge in [-0.1, -0.05) is 0 Å². The van der Waals surface area contributed by atoms with E-state index in [9.17, 15) is 9.59 Å². The van der Waals surface area contributed by atoms with E-state index >= 15 is 0 Å². The Bertz CT molecular complexity index is 1070. The molecule has 1 aliphatic heterocycles. The van der Waals surface area contributed by atoms with Crippen LogP contribution in [0.15, 0.2) is 48.7 Å². The number of likely N-dealkylation sites (tertiary alicyclic amines) is 1. The van der Waals surface area contributed by atoms with Crippen LogP contribution in [0.2, 0.25) is 0 Å². The highest BCUT2D eigenvalue weighted by Gasteiger charge is 2.29. The molecule has 2 heterocycles. The largest absolute Gasteiger partial charge is 0.497 e. The molecule has 3 aromatic rings. The third kappa shape index (κ3) is 3.75. The van der Waals surface area contributed by atoms with Gasteiger partial charge in [-0.3, -0.25) is 14.4 Å². The van der Waals surface area contributed by atoms with Gasteiger partial charge < -0.3 is 9.64 Å². The number of carbonyl (C=O) groups excluding carboxylic acids is 2. The Kier molecular flexibility index (Phi) is 5.44. The fourth-order valence-corrected chi connectivity index (χ4v) is 4.01. The highest BCUT2D eigenvalue weighted by molar-refractivity contribution is 6.01. The molecule has 0 bridgehead atoms. The van der Waals surface area contributed by atoms with Crippen molar-refractivity contribution in [2.45, 2.75) is 12.8 Å². The number of anilines is 1. The number of hydrogen-bond acceptors (Lipinski definition) is 4. The number of ketones is 1. The second kappa shape index (κ2) is 8.18. The highest BCUT2D eigenvalue weighted by atomic mass is 16.5. The number of aryl methyl sites for hydroxylation is 1. The monoisotopic (exact) mass is 406 g/mol. The number of amides is 2. The summed E-state index contributed by atoms with van der Waals surface area (Å²) in [4.78, 5) is 29.3. The first-order valence-electron chi connectivity index (χ1n) is 10.1. The smallest absolute Gasteiger partial charge is 0.324 e. The van der Waals surface area contributed by atoms with E-state index in [4.69, 9.17) is 4.74 Å². The van der Waals surface area contributed by atoms with Crippen LogP contribution in [-0.2, 0) is 7.05 Å². The number of aromatic nitrogens is 2. The van der Waals surface area contributed by atoms with Crippen LogP contribution in [0.3, 0.4) is 0 Å². The summed E-state index contributed by atoms with van der Waals surface area (Å²) in [5, 5.41) is 5.21. The molecule has 0 unspecified atom stereocenters. The number of hydrogen-bond donors (Lipinski definition) is 0. The molecular formula is C23H26N4O3. The molecule has 0 saturated carbocycles. The Hall–Kier alpha value is -3.35. The summed E-state index contributed by atoms with van der Waals surface area (Å²) in [5.41, 5.74) is 2.54. The average molecular weight is 406 g/mol. The third-order valence-electron chi connectivity index (χ3n) is 5.91. The van der Waals surface area contributed by atoms with Crippen LogP contribution in [0.5, 0.6) is 5.75 Å². The van der Waals surface area contributed by atoms with Gasteiger partial charge in [0, 0.05) is 49.7 Å². The van der Waals surface area contributed by atoms with E-state index in [0.29, 0.717) is 25.9 Å². The van der Waals surface area contributed by atoms with Crippen LogP contribution >= 0.6 is 0 Å².